The van der Waals surface area contributed by atoms with Crippen molar-refractivity contribution in [3.05, 3.63) is 23.2 Å². The van der Waals surface area contributed by atoms with E-state index < -0.39 is 0 Å². The molecule has 0 bridgehead atoms. The molecule has 0 aromatic heterocycles. The van der Waals surface area contributed by atoms with Crippen LogP contribution in [0.15, 0.2) is 18.2 Å². The summed E-state index contributed by atoms with van der Waals surface area (Å²) in [5.74, 6) is 0. The van der Waals surface area contributed by atoms with E-state index in [-0.39, 0.29) is 0 Å². The summed E-state index contributed by atoms with van der Waals surface area (Å²) in [4.78, 5) is 2.37. The lowest BCUT2D eigenvalue weighted by atomic mass is 9.85. The fraction of sp³-hybridized carbons (Fsp3) is 0.571. The van der Waals surface area contributed by atoms with E-state index in [0.717, 1.165) is 29.5 Å². The highest BCUT2D eigenvalue weighted by atomic mass is 35.5. The Balaban J connectivity index is 2.19. The SMILES string of the molecule is CC1(C)CCCN(c2cc(Cl)ccc2N)CC1. The van der Waals surface area contributed by atoms with Crippen molar-refractivity contribution >= 4 is 23.0 Å². The zero-order valence-electron chi connectivity index (χ0n) is 10.7. The summed E-state index contributed by atoms with van der Waals surface area (Å²) < 4.78 is 0. The summed E-state index contributed by atoms with van der Waals surface area (Å²) in [6.45, 7) is 6.83. The second kappa shape index (κ2) is 4.77. The molecule has 1 aromatic carbocycles. The van der Waals surface area contributed by atoms with Crippen molar-refractivity contribution in [1.29, 1.82) is 0 Å². The third kappa shape index (κ3) is 3.06. The van der Waals surface area contributed by atoms with Gasteiger partial charge in [0.25, 0.3) is 0 Å². The van der Waals surface area contributed by atoms with Crippen molar-refractivity contribution in [2.45, 2.75) is 33.1 Å². The third-order valence-electron chi connectivity index (χ3n) is 3.67. The lowest BCUT2D eigenvalue weighted by Crippen LogP contribution is -2.25. The van der Waals surface area contributed by atoms with Crippen molar-refractivity contribution in [3.63, 3.8) is 0 Å². The minimum Gasteiger partial charge on any atom is -0.397 e. The van der Waals surface area contributed by atoms with Crippen LogP contribution in [0.25, 0.3) is 0 Å². The van der Waals surface area contributed by atoms with E-state index in [0.29, 0.717) is 5.41 Å². The van der Waals surface area contributed by atoms with Crippen LogP contribution in [0.2, 0.25) is 5.02 Å². The maximum atomic E-state index is 6.05. The van der Waals surface area contributed by atoms with Crippen molar-refractivity contribution in [2.24, 2.45) is 5.41 Å². The number of hydrogen-bond acceptors (Lipinski definition) is 2. The predicted octanol–water partition coefficient (Wildman–Crippen LogP) is 3.94. The van der Waals surface area contributed by atoms with E-state index in [4.69, 9.17) is 17.3 Å². The Labute approximate surface area is 109 Å². The second-order valence-electron chi connectivity index (χ2n) is 5.71. The van der Waals surface area contributed by atoms with Gasteiger partial charge in [-0.15, -0.1) is 0 Å². The number of anilines is 2. The summed E-state index contributed by atoms with van der Waals surface area (Å²) in [5, 5.41) is 0.762. The number of nitrogens with two attached hydrogens (primary N) is 1. The average molecular weight is 253 g/mol. The van der Waals surface area contributed by atoms with Crippen LogP contribution in [0, 0.1) is 5.41 Å². The molecule has 3 heteroatoms. The van der Waals surface area contributed by atoms with Gasteiger partial charge in [0.2, 0.25) is 0 Å². The Morgan fingerprint density at radius 2 is 2.00 bits per heavy atom. The highest BCUT2D eigenvalue weighted by molar-refractivity contribution is 6.31. The summed E-state index contributed by atoms with van der Waals surface area (Å²) in [5.41, 5.74) is 8.41. The number of rotatable bonds is 1. The van der Waals surface area contributed by atoms with Crippen LogP contribution in [0.4, 0.5) is 11.4 Å². The summed E-state index contributed by atoms with van der Waals surface area (Å²) in [6, 6.07) is 5.73. The van der Waals surface area contributed by atoms with E-state index in [1.807, 2.05) is 18.2 Å². The molecule has 0 amide bonds. The van der Waals surface area contributed by atoms with E-state index in [2.05, 4.69) is 18.7 Å². The largest absolute Gasteiger partial charge is 0.397 e. The molecule has 17 heavy (non-hydrogen) atoms. The molecule has 1 aliphatic heterocycles. The van der Waals surface area contributed by atoms with Gasteiger partial charge in [0, 0.05) is 18.1 Å². The molecule has 1 aliphatic rings. The molecule has 2 rings (SSSR count). The van der Waals surface area contributed by atoms with Crippen LogP contribution >= 0.6 is 11.6 Å². The Bertz CT molecular complexity index is 401. The second-order valence-corrected chi connectivity index (χ2v) is 6.14. The van der Waals surface area contributed by atoms with Crippen LogP contribution in [0.1, 0.15) is 33.1 Å². The minimum absolute atomic E-state index is 0.447. The summed E-state index contributed by atoms with van der Waals surface area (Å²) in [6.07, 6.45) is 3.71. The van der Waals surface area contributed by atoms with E-state index in [9.17, 15) is 0 Å². The number of nitrogen functional groups attached to an aromatic ring is 1. The lowest BCUT2D eigenvalue weighted by Gasteiger charge is -2.26. The van der Waals surface area contributed by atoms with Gasteiger partial charge in [-0.2, -0.15) is 0 Å². The Hall–Kier alpha value is -0.890. The third-order valence-corrected chi connectivity index (χ3v) is 3.91. The predicted molar refractivity (Wildman–Crippen MR) is 75.7 cm³/mol. The molecule has 0 unspecified atom stereocenters. The molecule has 2 nitrogen and oxygen atoms in total. The Morgan fingerprint density at radius 3 is 2.76 bits per heavy atom. The van der Waals surface area contributed by atoms with Gasteiger partial charge < -0.3 is 10.6 Å². The highest BCUT2D eigenvalue weighted by Crippen LogP contribution is 2.34. The summed E-state index contributed by atoms with van der Waals surface area (Å²) in [7, 11) is 0. The van der Waals surface area contributed by atoms with Gasteiger partial charge in [-0.3, -0.25) is 0 Å². The van der Waals surface area contributed by atoms with Gasteiger partial charge >= 0.3 is 0 Å². The zero-order chi connectivity index (χ0) is 12.5. The van der Waals surface area contributed by atoms with Gasteiger partial charge in [0.1, 0.15) is 0 Å². The first kappa shape index (κ1) is 12.6. The molecule has 2 N–H and O–H groups in total. The molecule has 0 aliphatic carbocycles. The molecule has 0 atom stereocenters. The van der Waals surface area contributed by atoms with Crippen molar-refractivity contribution in [3.8, 4) is 0 Å². The summed E-state index contributed by atoms with van der Waals surface area (Å²) >= 11 is 6.05. The number of halogens is 1. The standard InChI is InChI=1S/C14H21ClN2/c1-14(2)6-3-8-17(9-7-14)13-10-11(15)4-5-12(13)16/h4-5,10H,3,6-9,16H2,1-2H3. The van der Waals surface area contributed by atoms with Crippen LogP contribution in [0.5, 0.6) is 0 Å². The topological polar surface area (TPSA) is 29.3 Å². The van der Waals surface area contributed by atoms with Gasteiger partial charge in [0.15, 0.2) is 0 Å². The molecule has 1 aromatic rings. The van der Waals surface area contributed by atoms with Crippen molar-refractivity contribution < 1.29 is 0 Å². The van der Waals surface area contributed by atoms with Crippen LogP contribution in [-0.4, -0.2) is 13.1 Å². The normalized spacial score (nSPS) is 20.1. The maximum absolute atomic E-state index is 6.05. The molecule has 0 radical (unpaired) electrons. The van der Waals surface area contributed by atoms with Crippen LogP contribution < -0.4 is 10.6 Å². The monoisotopic (exact) mass is 252 g/mol. The molecule has 0 saturated carbocycles. The van der Waals surface area contributed by atoms with Gasteiger partial charge in [0.05, 0.1) is 11.4 Å². The van der Waals surface area contributed by atoms with Crippen molar-refractivity contribution in [2.75, 3.05) is 23.7 Å². The number of hydrogen-bond donors (Lipinski definition) is 1. The number of benzene rings is 1. The van der Waals surface area contributed by atoms with Crippen LogP contribution in [0.3, 0.4) is 0 Å². The van der Waals surface area contributed by atoms with E-state index in [1.165, 1.54) is 19.3 Å². The van der Waals surface area contributed by atoms with Crippen molar-refractivity contribution in [1.82, 2.24) is 0 Å². The fourth-order valence-electron chi connectivity index (χ4n) is 2.45. The molecule has 94 valence electrons. The van der Waals surface area contributed by atoms with Gasteiger partial charge in [-0.1, -0.05) is 25.4 Å². The first-order valence-corrected chi connectivity index (χ1v) is 6.66. The highest BCUT2D eigenvalue weighted by Gasteiger charge is 2.23. The first-order valence-electron chi connectivity index (χ1n) is 6.28. The quantitative estimate of drug-likeness (QED) is 0.767. The average Bonchev–Trinajstić information content (AvgIpc) is 2.43. The van der Waals surface area contributed by atoms with Gasteiger partial charge in [-0.05, 0) is 42.9 Å². The van der Waals surface area contributed by atoms with Gasteiger partial charge in [-0.25, -0.2) is 0 Å². The van der Waals surface area contributed by atoms with E-state index in [1.54, 1.807) is 0 Å². The number of nitrogens with zero attached hydrogens (tertiary/aromatic N) is 1. The Kier molecular flexibility index (Phi) is 3.53. The fourth-order valence-corrected chi connectivity index (χ4v) is 2.62. The zero-order valence-corrected chi connectivity index (χ0v) is 11.4. The molecule has 0 spiro atoms. The lowest BCUT2D eigenvalue weighted by molar-refractivity contribution is 0.325. The molecule has 1 heterocycles. The maximum Gasteiger partial charge on any atom is 0.0614 e. The molecule has 1 fully saturated rings. The Morgan fingerprint density at radius 1 is 1.24 bits per heavy atom. The molecular weight excluding hydrogens is 232 g/mol. The smallest absolute Gasteiger partial charge is 0.0614 e. The minimum atomic E-state index is 0.447. The molecule has 1 saturated heterocycles. The first-order chi connectivity index (χ1) is 7.98. The van der Waals surface area contributed by atoms with Crippen LogP contribution in [-0.2, 0) is 0 Å². The molecular formula is C14H21ClN2. The van der Waals surface area contributed by atoms with E-state index >= 15 is 0 Å².